The van der Waals surface area contributed by atoms with E-state index in [4.69, 9.17) is 5.73 Å². The Balaban J connectivity index is 1.81. The highest BCUT2D eigenvalue weighted by Gasteiger charge is 2.19. The molecule has 1 atom stereocenters. The van der Waals surface area contributed by atoms with E-state index in [1.165, 1.54) is 0 Å². The minimum Gasteiger partial charge on any atom is -0.329 e. The van der Waals surface area contributed by atoms with Crippen molar-refractivity contribution in [2.75, 3.05) is 11.9 Å². The number of fused-ring (bicyclic) bond motifs is 1. The molecule has 1 heterocycles. The summed E-state index contributed by atoms with van der Waals surface area (Å²) in [6, 6.07) is 15.2. The third kappa shape index (κ3) is 3.38. The fourth-order valence-corrected chi connectivity index (χ4v) is 2.53. The number of aromatic nitrogens is 1. The molecule has 0 saturated carbocycles. The SMILES string of the molecule is [CH2]c1ccc([C@@H](CN)C(=O)Nc2ccc3cnccc3c2)cc1. The second-order valence-corrected chi connectivity index (χ2v) is 5.46. The summed E-state index contributed by atoms with van der Waals surface area (Å²) < 4.78 is 0. The van der Waals surface area contributed by atoms with Crippen molar-refractivity contribution in [3.05, 3.63) is 79.0 Å². The zero-order valence-electron chi connectivity index (χ0n) is 12.7. The smallest absolute Gasteiger partial charge is 0.233 e. The first kappa shape index (κ1) is 15.2. The van der Waals surface area contributed by atoms with Gasteiger partial charge in [-0.25, -0.2) is 0 Å². The van der Waals surface area contributed by atoms with Crippen LogP contribution < -0.4 is 11.1 Å². The van der Waals surface area contributed by atoms with Crippen LogP contribution in [-0.2, 0) is 4.79 Å². The lowest BCUT2D eigenvalue weighted by atomic mass is 9.97. The molecule has 23 heavy (non-hydrogen) atoms. The molecule has 115 valence electrons. The first-order chi connectivity index (χ1) is 11.2. The van der Waals surface area contributed by atoms with E-state index in [1.807, 2.05) is 48.5 Å². The fourth-order valence-electron chi connectivity index (χ4n) is 2.53. The standard InChI is InChI=1S/C19H18N3O/c1-13-2-4-14(5-3-13)18(11-20)19(23)22-17-7-6-16-12-21-9-8-15(16)10-17/h2-10,12,18H,1,11,20H2,(H,22,23)/t18-/m1/s1. The van der Waals surface area contributed by atoms with Gasteiger partial charge in [0.05, 0.1) is 5.92 Å². The summed E-state index contributed by atoms with van der Waals surface area (Å²) in [5.74, 6) is -0.499. The Bertz CT molecular complexity index is 827. The van der Waals surface area contributed by atoms with Crippen molar-refractivity contribution in [1.29, 1.82) is 0 Å². The van der Waals surface area contributed by atoms with E-state index in [0.29, 0.717) is 0 Å². The zero-order valence-corrected chi connectivity index (χ0v) is 12.7. The van der Waals surface area contributed by atoms with Gasteiger partial charge in [-0.15, -0.1) is 0 Å². The number of anilines is 1. The Morgan fingerprint density at radius 1 is 1.13 bits per heavy atom. The van der Waals surface area contributed by atoms with Gasteiger partial charge in [0.1, 0.15) is 0 Å². The number of carbonyl (C=O) groups excluding carboxylic acids is 1. The predicted octanol–water partition coefficient (Wildman–Crippen LogP) is 3.10. The summed E-state index contributed by atoms with van der Waals surface area (Å²) >= 11 is 0. The maximum atomic E-state index is 12.5. The summed E-state index contributed by atoms with van der Waals surface area (Å²) in [6.07, 6.45) is 3.53. The minimum atomic E-state index is -0.385. The van der Waals surface area contributed by atoms with Gasteiger partial charge in [0.25, 0.3) is 0 Å². The topological polar surface area (TPSA) is 68.0 Å². The van der Waals surface area contributed by atoms with Crippen molar-refractivity contribution < 1.29 is 4.79 Å². The molecule has 0 aliphatic heterocycles. The molecule has 1 radical (unpaired) electrons. The molecule has 0 fully saturated rings. The predicted molar refractivity (Wildman–Crippen MR) is 93.1 cm³/mol. The summed E-state index contributed by atoms with van der Waals surface area (Å²) in [7, 11) is 0. The van der Waals surface area contributed by atoms with Crippen molar-refractivity contribution in [3.8, 4) is 0 Å². The molecular weight excluding hydrogens is 286 g/mol. The molecule has 0 unspecified atom stereocenters. The maximum Gasteiger partial charge on any atom is 0.233 e. The van der Waals surface area contributed by atoms with Crippen LogP contribution in [0, 0.1) is 6.92 Å². The number of carbonyl (C=O) groups is 1. The molecule has 4 nitrogen and oxygen atoms in total. The van der Waals surface area contributed by atoms with Gasteiger partial charge in [0, 0.05) is 30.0 Å². The van der Waals surface area contributed by atoms with Gasteiger partial charge in [-0.05, 0) is 41.6 Å². The molecule has 3 aromatic rings. The molecule has 0 saturated heterocycles. The average Bonchev–Trinajstić information content (AvgIpc) is 2.57. The number of hydrogen-bond acceptors (Lipinski definition) is 3. The second kappa shape index (κ2) is 6.58. The Kier molecular flexibility index (Phi) is 4.35. The number of nitrogens with one attached hydrogen (secondary N) is 1. The molecule has 0 spiro atoms. The Morgan fingerprint density at radius 2 is 1.91 bits per heavy atom. The first-order valence-corrected chi connectivity index (χ1v) is 7.44. The first-order valence-electron chi connectivity index (χ1n) is 7.44. The normalized spacial score (nSPS) is 12.1. The number of nitrogens with zero attached hydrogens (tertiary/aromatic N) is 1. The number of amides is 1. The lowest BCUT2D eigenvalue weighted by Gasteiger charge is -2.16. The van der Waals surface area contributed by atoms with Gasteiger partial charge in [0.2, 0.25) is 5.91 Å². The fraction of sp³-hybridized carbons (Fsp3) is 0.105. The molecule has 3 rings (SSSR count). The molecule has 0 aliphatic rings. The second-order valence-electron chi connectivity index (χ2n) is 5.46. The molecule has 1 aromatic heterocycles. The highest BCUT2D eigenvalue weighted by atomic mass is 16.1. The molecule has 4 heteroatoms. The van der Waals surface area contributed by atoms with Crippen molar-refractivity contribution in [2.45, 2.75) is 5.92 Å². The van der Waals surface area contributed by atoms with Gasteiger partial charge in [-0.2, -0.15) is 0 Å². The Labute approximate surface area is 135 Å². The molecule has 3 N–H and O–H groups in total. The van der Waals surface area contributed by atoms with Crippen LogP contribution in [0.3, 0.4) is 0 Å². The van der Waals surface area contributed by atoms with Crippen LogP contribution in [0.2, 0.25) is 0 Å². The van der Waals surface area contributed by atoms with E-state index in [2.05, 4.69) is 17.2 Å². The highest BCUT2D eigenvalue weighted by Crippen LogP contribution is 2.21. The summed E-state index contributed by atoms with van der Waals surface area (Å²) in [5, 5.41) is 5.01. The van der Waals surface area contributed by atoms with E-state index in [1.54, 1.807) is 12.4 Å². The van der Waals surface area contributed by atoms with Gasteiger partial charge >= 0.3 is 0 Å². The minimum absolute atomic E-state index is 0.113. The lowest BCUT2D eigenvalue weighted by molar-refractivity contribution is -0.117. The number of nitrogens with two attached hydrogens (primary N) is 1. The van der Waals surface area contributed by atoms with E-state index < -0.39 is 0 Å². The van der Waals surface area contributed by atoms with E-state index in [9.17, 15) is 4.79 Å². The number of rotatable bonds is 4. The quantitative estimate of drug-likeness (QED) is 0.778. The van der Waals surface area contributed by atoms with Crippen LogP contribution in [0.5, 0.6) is 0 Å². The monoisotopic (exact) mass is 304 g/mol. The van der Waals surface area contributed by atoms with Gasteiger partial charge in [-0.1, -0.05) is 30.3 Å². The summed E-state index contributed by atoms with van der Waals surface area (Å²) in [6.45, 7) is 4.10. The van der Waals surface area contributed by atoms with Crippen LogP contribution in [0.1, 0.15) is 17.0 Å². The van der Waals surface area contributed by atoms with Crippen LogP contribution >= 0.6 is 0 Å². The summed E-state index contributed by atoms with van der Waals surface area (Å²) in [5.41, 5.74) is 8.36. The lowest BCUT2D eigenvalue weighted by Crippen LogP contribution is -2.27. The van der Waals surface area contributed by atoms with Crippen LogP contribution in [0.4, 0.5) is 5.69 Å². The van der Waals surface area contributed by atoms with E-state index in [-0.39, 0.29) is 18.4 Å². The number of hydrogen-bond donors (Lipinski definition) is 2. The van der Waals surface area contributed by atoms with Crippen LogP contribution in [0.25, 0.3) is 10.8 Å². The molecule has 0 aliphatic carbocycles. The van der Waals surface area contributed by atoms with Crippen molar-refractivity contribution in [1.82, 2.24) is 4.98 Å². The third-order valence-corrected chi connectivity index (χ3v) is 3.84. The van der Waals surface area contributed by atoms with Crippen molar-refractivity contribution in [3.63, 3.8) is 0 Å². The van der Waals surface area contributed by atoms with Crippen LogP contribution in [0.15, 0.2) is 60.9 Å². The van der Waals surface area contributed by atoms with E-state index >= 15 is 0 Å². The van der Waals surface area contributed by atoms with E-state index in [0.717, 1.165) is 27.6 Å². The molecule has 2 aromatic carbocycles. The number of benzene rings is 2. The Morgan fingerprint density at radius 3 is 2.65 bits per heavy atom. The van der Waals surface area contributed by atoms with Gasteiger partial charge in [0.15, 0.2) is 0 Å². The molecule has 0 bridgehead atoms. The van der Waals surface area contributed by atoms with Crippen molar-refractivity contribution >= 4 is 22.4 Å². The number of pyridine rings is 1. The summed E-state index contributed by atoms with van der Waals surface area (Å²) in [4.78, 5) is 16.6. The van der Waals surface area contributed by atoms with Crippen molar-refractivity contribution in [2.24, 2.45) is 5.73 Å². The van der Waals surface area contributed by atoms with Crippen LogP contribution in [-0.4, -0.2) is 17.4 Å². The zero-order chi connectivity index (χ0) is 16.2. The Hall–Kier alpha value is -2.72. The molecular formula is C19H18N3O. The highest BCUT2D eigenvalue weighted by molar-refractivity contribution is 5.98. The third-order valence-electron chi connectivity index (χ3n) is 3.84. The maximum absolute atomic E-state index is 12.5. The average molecular weight is 304 g/mol. The van der Waals surface area contributed by atoms with Gasteiger partial charge < -0.3 is 11.1 Å². The molecule has 1 amide bonds. The largest absolute Gasteiger partial charge is 0.329 e. The van der Waals surface area contributed by atoms with Gasteiger partial charge in [-0.3, -0.25) is 9.78 Å².